The van der Waals surface area contributed by atoms with E-state index >= 15 is 0 Å². The number of rotatable bonds is 7. The van der Waals surface area contributed by atoms with Crippen LogP contribution >= 0.6 is 0 Å². The summed E-state index contributed by atoms with van der Waals surface area (Å²) in [5.74, 6) is -0.516. The SMILES string of the molecule is Cc1noc(/C=C/c2ccccc2F)c1S(=O)(=O)N1CCC[C@H](C(=O)NCc2ccco2)C1. The fourth-order valence-corrected chi connectivity index (χ4v) is 5.58. The monoisotopic (exact) mass is 473 g/mol. The second kappa shape index (κ2) is 9.72. The van der Waals surface area contributed by atoms with Crippen molar-refractivity contribution < 1.29 is 26.5 Å². The highest BCUT2D eigenvalue weighted by Gasteiger charge is 2.36. The molecule has 1 amide bonds. The fraction of sp³-hybridized carbons (Fsp3) is 0.304. The van der Waals surface area contributed by atoms with Crippen LogP contribution in [0.3, 0.4) is 0 Å². The van der Waals surface area contributed by atoms with Gasteiger partial charge in [-0.25, -0.2) is 12.8 Å². The molecule has 1 aliphatic rings. The number of carbonyl (C=O) groups excluding carboxylic acids is 1. The molecule has 0 spiro atoms. The van der Waals surface area contributed by atoms with E-state index in [0.717, 1.165) is 0 Å². The molecule has 1 aromatic carbocycles. The smallest absolute Gasteiger partial charge is 0.248 e. The molecule has 33 heavy (non-hydrogen) atoms. The standard InChI is InChI=1S/C23H24FN3O5S/c1-16-22(21(32-26-16)11-10-17-6-2-3-9-20(17)24)33(29,30)27-12-4-7-18(15-27)23(28)25-14-19-8-5-13-31-19/h2-3,5-6,8-11,13,18H,4,7,12,14-15H2,1H3,(H,25,28)/b11-10+/t18-/m0/s1. The fourth-order valence-electron chi connectivity index (χ4n) is 3.81. The van der Waals surface area contributed by atoms with Crippen LogP contribution in [0.4, 0.5) is 4.39 Å². The number of benzene rings is 1. The lowest BCUT2D eigenvalue weighted by molar-refractivity contribution is -0.126. The number of piperidine rings is 1. The molecule has 174 valence electrons. The number of halogens is 1. The summed E-state index contributed by atoms with van der Waals surface area (Å²) in [5.41, 5.74) is 0.494. The van der Waals surface area contributed by atoms with Crippen LogP contribution in [0.15, 0.2) is 56.5 Å². The minimum atomic E-state index is -3.99. The molecule has 0 unspecified atom stereocenters. The Balaban J connectivity index is 1.51. The Bertz CT molecular complexity index is 1250. The first-order valence-corrected chi connectivity index (χ1v) is 12.0. The molecule has 1 atom stereocenters. The van der Waals surface area contributed by atoms with Gasteiger partial charge < -0.3 is 14.3 Å². The molecular formula is C23H24FN3O5S. The number of amides is 1. The van der Waals surface area contributed by atoms with Gasteiger partial charge in [-0.05, 0) is 50.1 Å². The number of sulfonamides is 1. The van der Waals surface area contributed by atoms with Gasteiger partial charge in [0.25, 0.3) is 0 Å². The Morgan fingerprint density at radius 3 is 2.85 bits per heavy atom. The van der Waals surface area contributed by atoms with Gasteiger partial charge in [0, 0.05) is 18.7 Å². The van der Waals surface area contributed by atoms with Crippen LogP contribution in [0.5, 0.6) is 0 Å². The van der Waals surface area contributed by atoms with Crippen molar-refractivity contribution in [3.05, 3.63) is 71.3 Å². The van der Waals surface area contributed by atoms with Crippen molar-refractivity contribution in [2.75, 3.05) is 13.1 Å². The normalized spacial score (nSPS) is 17.5. The third-order valence-corrected chi connectivity index (χ3v) is 7.55. The first-order valence-electron chi connectivity index (χ1n) is 10.6. The summed E-state index contributed by atoms with van der Waals surface area (Å²) >= 11 is 0. The molecule has 8 nitrogen and oxygen atoms in total. The minimum Gasteiger partial charge on any atom is -0.467 e. The van der Waals surface area contributed by atoms with E-state index in [1.807, 2.05) is 0 Å². The van der Waals surface area contributed by atoms with Crippen molar-refractivity contribution in [1.29, 1.82) is 0 Å². The molecule has 1 fully saturated rings. The third-order valence-electron chi connectivity index (χ3n) is 5.52. The van der Waals surface area contributed by atoms with E-state index in [1.165, 1.54) is 35.7 Å². The van der Waals surface area contributed by atoms with Gasteiger partial charge >= 0.3 is 0 Å². The van der Waals surface area contributed by atoms with Crippen LogP contribution in [-0.2, 0) is 21.4 Å². The quantitative estimate of drug-likeness (QED) is 0.562. The average Bonchev–Trinajstić information content (AvgIpc) is 3.47. The number of nitrogens with one attached hydrogen (secondary N) is 1. The number of carbonyl (C=O) groups is 1. The van der Waals surface area contributed by atoms with E-state index in [4.69, 9.17) is 8.94 Å². The zero-order valence-electron chi connectivity index (χ0n) is 18.0. The predicted octanol–water partition coefficient (Wildman–Crippen LogP) is 3.60. The maximum absolute atomic E-state index is 13.9. The number of nitrogens with zero attached hydrogens (tertiary/aromatic N) is 2. The zero-order chi connectivity index (χ0) is 23.4. The van der Waals surface area contributed by atoms with E-state index in [2.05, 4.69) is 10.5 Å². The predicted molar refractivity (Wildman–Crippen MR) is 119 cm³/mol. The van der Waals surface area contributed by atoms with E-state index < -0.39 is 21.8 Å². The molecule has 10 heteroatoms. The average molecular weight is 474 g/mol. The van der Waals surface area contributed by atoms with Crippen molar-refractivity contribution >= 4 is 28.1 Å². The van der Waals surface area contributed by atoms with E-state index in [1.54, 1.807) is 30.3 Å². The number of aromatic nitrogens is 1. The van der Waals surface area contributed by atoms with Gasteiger partial charge in [0.2, 0.25) is 15.9 Å². The molecule has 0 radical (unpaired) electrons. The Morgan fingerprint density at radius 1 is 1.27 bits per heavy atom. The lowest BCUT2D eigenvalue weighted by Crippen LogP contribution is -2.45. The van der Waals surface area contributed by atoms with Gasteiger partial charge in [0.05, 0.1) is 18.7 Å². The van der Waals surface area contributed by atoms with Crippen molar-refractivity contribution in [2.24, 2.45) is 5.92 Å². The minimum absolute atomic E-state index is 0.0140. The van der Waals surface area contributed by atoms with Crippen LogP contribution < -0.4 is 5.32 Å². The van der Waals surface area contributed by atoms with Gasteiger partial charge in [0.15, 0.2) is 10.7 Å². The summed E-state index contributed by atoms with van der Waals surface area (Å²) in [4.78, 5) is 12.5. The number of hydrogen-bond donors (Lipinski definition) is 1. The summed E-state index contributed by atoms with van der Waals surface area (Å²) in [6.07, 6.45) is 5.48. The van der Waals surface area contributed by atoms with E-state index in [0.29, 0.717) is 24.2 Å². The second-order valence-corrected chi connectivity index (χ2v) is 9.69. The lowest BCUT2D eigenvalue weighted by Gasteiger charge is -2.31. The first-order chi connectivity index (χ1) is 15.9. The summed E-state index contributed by atoms with van der Waals surface area (Å²) < 4.78 is 52.6. The van der Waals surface area contributed by atoms with Crippen molar-refractivity contribution in [3.8, 4) is 0 Å². The number of hydrogen-bond acceptors (Lipinski definition) is 6. The van der Waals surface area contributed by atoms with Crippen LogP contribution in [0.1, 0.15) is 35.6 Å². The van der Waals surface area contributed by atoms with Crippen LogP contribution in [0.25, 0.3) is 12.2 Å². The zero-order valence-corrected chi connectivity index (χ0v) is 18.8. The summed E-state index contributed by atoms with van der Waals surface area (Å²) in [6, 6.07) is 9.61. The summed E-state index contributed by atoms with van der Waals surface area (Å²) in [6.45, 7) is 2.11. The highest BCUT2D eigenvalue weighted by Crippen LogP contribution is 2.29. The Morgan fingerprint density at radius 2 is 2.09 bits per heavy atom. The highest BCUT2D eigenvalue weighted by atomic mass is 32.2. The van der Waals surface area contributed by atoms with Gasteiger partial charge in [-0.3, -0.25) is 4.79 Å². The molecule has 0 saturated carbocycles. The molecule has 0 aliphatic carbocycles. The van der Waals surface area contributed by atoms with Gasteiger partial charge in [0.1, 0.15) is 17.3 Å². The van der Waals surface area contributed by atoms with E-state index in [9.17, 15) is 17.6 Å². The van der Waals surface area contributed by atoms with Crippen molar-refractivity contribution in [3.63, 3.8) is 0 Å². The van der Waals surface area contributed by atoms with Gasteiger partial charge in [-0.2, -0.15) is 4.31 Å². The summed E-state index contributed by atoms with van der Waals surface area (Å²) in [7, 11) is -3.99. The molecule has 3 heterocycles. The van der Waals surface area contributed by atoms with Crippen LogP contribution in [-0.4, -0.2) is 36.9 Å². The Hall–Kier alpha value is -3.24. The second-order valence-electron chi connectivity index (χ2n) is 7.82. The maximum atomic E-state index is 13.9. The van der Waals surface area contributed by atoms with Crippen LogP contribution in [0.2, 0.25) is 0 Å². The van der Waals surface area contributed by atoms with Crippen LogP contribution in [0, 0.1) is 18.7 Å². The Labute approximate surface area is 191 Å². The van der Waals surface area contributed by atoms with Gasteiger partial charge in [-0.15, -0.1) is 0 Å². The molecular weight excluding hydrogens is 449 g/mol. The molecule has 0 bridgehead atoms. The molecule has 4 rings (SSSR count). The van der Waals surface area contributed by atoms with E-state index in [-0.39, 0.29) is 41.9 Å². The number of furan rings is 1. The molecule has 1 aliphatic heterocycles. The first kappa shape index (κ1) is 22.9. The molecule has 1 saturated heterocycles. The number of aryl methyl sites for hydroxylation is 1. The molecule has 2 aromatic heterocycles. The molecule has 1 N–H and O–H groups in total. The Kier molecular flexibility index (Phi) is 6.75. The topological polar surface area (TPSA) is 106 Å². The maximum Gasteiger partial charge on any atom is 0.248 e. The lowest BCUT2D eigenvalue weighted by atomic mass is 9.99. The largest absolute Gasteiger partial charge is 0.467 e. The molecule has 3 aromatic rings. The highest BCUT2D eigenvalue weighted by molar-refractivity contribution is 7.89. The summed E-state index contributed by atoms with van der Waals surface area (Å²) in [5, 5.41) is 6.61. The third kappa shape index (κ3) is 5.07. The van der Waals surface area contributed by atoms with Gasteiger partial charge in [-0.1, -0.05) is 23.4 Å². The van der Waals surface area contributed by atoms with Crippen molar-refractivity contribution in [2.45, 2.75) is 31.2 Å². The van der Waals surface area contributed by atoms with Crippen molar-refractivity contribution in [1.82, 2.24) is 14.8 Å².